The molecule has 0 N–H and O–H groups in total. The number of fused-ring (bicyclic) bond motifs is 3. The van der Waals surface area contributed by atoms with Gasteiger partial charge in [-0.05, 0) is 29.0 Å². The van der Waals surface area contributed by atoms with Gasteiger partial charge in [-0.15, -0.1) is 0 Å². The van der Waals surface area contributed by atoms with Gasteiger partial charge in [-0.2, -0.15) is 4.90 Å². The van der Waals surface area contributed by atoms with Gasteiger partial charge in [0, 0.05) is 20.8 Å². The number of benzene rings is 2. The number of carbonyl (C=O) groups is 3. The highest BCUT2D eigenvalue weighted by Gasteiger charge is 2.64. The number of thiazole rings is 1. The van der Waals surface area contributed by atoms with Gasteiger partial charge in [0.05, 0.1) is 10.8 Å². The summed E-state index contributed by atoms with van der Waals surface area (Å²) in [5, 5.41) is 14.5. The second-order valence-corrected chi connectivity index (χ2v) is 9.94. The lowest BCUT2D eigenvalue weighted by atomic mass is 10.0. The summed E-state index contributed by atoms with van der Waals surface area (Å²) in [4.78, 5) is 38.2. The molecule has 0 unspecified atom stereocenters. The van der Waals surface area contributed by atoms with Crippen LogP contribution in [0.3, 0.4) is 0 Å². The maximum atomic E-state index is 13.9. The van der Waals surface area contributed by atoms with E-state index in [0.717, 1.165) is 11.3 Å². The molecule has 0 spiro atoms. The largest absolute Gasteiger partial charge is 0.841 e. The molecule has 0 bridgehead atoms. The molecule has 0 aliphatic carbocycles. The Morgan fingerprint density at radius 1 is 1.00 bits per heavy atom. The van der Waals surface area contributed by atoms with Crippen LogP contribution in [0.2, 0.25) is 0 Å². The Hall–Kier alpha value is -3.96. The second kappa shape index (κ2) is 10.4. The van der Waals surface area contributed by atoms with E-state index < -0.39 is 48.5 Å². The van der Waals surface area contributed by atoms with Crippen molar-refractivity contribution in [3.05, 3.63) is 60.7 Å². The van der Waals surface area contributed by atoms with Crippen LogP contribution >= 0.6 is 11.3 Å². The van der Waals surface area contributed by atoms with E-state index in [1.807, 2.05) is 65.6 Å². The van der Waals surface area contributed by atoms with Crippen molar-refractivity contribution in [1.29, 1.82) is 0 Å². The summed E-state index contributed by atoms with van der Waals surface area (Å²) in [6, 6.07) is 18.0. The smallest absolute Gasteiger partial charge is 0.344 e. The average molecular weight is 539 g/mol. The SMILES string of the molecule is CC(=O)OC[C@@H](OC(C)=O)[C@H]1O[C@H]2[C@@H]([C@H]1OC(C)=O)[n+]1c(sc(-c3ccccc3)c1[O-])N2c1ccccc1. The number of hydrogen-bond donors (Lipinski definition) is 0. The van der Waals surface area contributed by atoms with Crippen molar-refractivity contribution in [2.24, 2.45) is 0 Å². The molecule has 0 amide bonds. The van der Waals surface area contributed by atoms with Crippen molar-refractivity contribution in [3.63, 3.8) is 0 Å². The molecule has 3 aromatic rings. The Morgan fingerprint density at radius 3 is 2.26 bits per heavy atom. The number of carbonyl (C=O) groups excluding carboxylic acids is 3. The zero-order valence-corrected chi connectivity index (χ0v) is 21.8. The van der Waals surface area contributed by atoms with Gasteiger partial charge in [0.1, 0.15) is 18.4 Å². The lowest BCUT2D eigenvalue weighted by Crippen LogP contribution is -2.51. The number of aromatic nitrogens is 1. The Kier molecular flexibility index (Phi) is 7.04. The minimum Gasteiger partial charge on any atom is -0.841 e. The van der Waals surface area contributed by atoms with E-state index in [4.69, 9.17) is 18.9 Å². The molecule has 0 radical (unpaired) electrons. The number of nitrogens with zero attached hydrogens (tertiary/aromatic N) is 2. The highest BCUT2D eigenvalue weighted by molar-refractivity contribution is 7.18. The lowest BCUT2D eigenvalue weighted by Gasteiger charge is -2.27. The van der Waals surface area contributed by atoms with Gasteiger partial charge in [0.2, 0.25) is 12.3 Å². The van der Waals surface area contributed by atoms with Gasteiger partial charge in [-0.1, -0.05) is 48.5 Å². The van der Waals surface area contributed by atoms with Crippen LogP contribution in [-0.4, -0.2) is 49.1 Å². The molecule has 38 heavy (non-hydrogen) atoms. The lowest BCUT2D eigenvalue weighted by molar-refractivity contribution is -0.738. The van der Waals surface area contributed by atoms with Gasteiger partial charge in [0.15, 0.2) is 12.2 Å². The molecule has 2 aromatic carbocycles. The first-order chi connectivity index (χ1) is 18.3. The second-order valence-electron chi connectivity index (χ2n) is 8.97. The number of esters is 3. The van der Waals surface area contributed by atoms with Crippen LogP contribution in [0.5, 0.6) is 5.88 Å². The van der Waals surface area contributed by atoms with E-state index in [2.05, 4.69) is 0 Å². The standard InChI is InChI=1S/C27H26N2O8S/c1-15(30)34-14-20(35-16(2)31)22-23(36-17(3)32)21-26(37-22)28(19-12-8-5-9-13-19)27-29(21)25(33)24(38-27)18-10-6-4-7-11-18/h4-13,20-23,26H,14H2,1-3H3/t20-,21-,22-,23-,26+/m1/s1. The molecule has 5 rings (SSSR count). The fourth-order valence-corrected chi connectivity index (χ4v) is 6.17. The highest BCUT2D eigenvalue weighted by Crippen LogP contribution is 2.50. The maximum absolute atomic E-state index is 13.9. The number of anilines is 2. The third-order valence-corrected chi connectivity index (χ3v) is 7.52. The number of para-hydroxylation sites is 1. The molecule has 5 atom stereocenters. The minimum atomic E-state index is -1.07. The molecule has 10 nitrogen and oxygen atoms in total. The maximum Gasteiger partial charge on any atom is 0.344 e. The molecule has 1 saturated heterocycles. The first-order valence-electron chi connectivity index (χ1n) is 12.0. The van der Waals surface area contributed by atoms with E-state index in [1.54, 1.807) is 4.57 Å². The highest BCUT2D eigenvalue weighted by atomic mass is 32.1. The van der Waals surface area contributed by atoms with E-state index in [-0.39, 0.29) is 12.5 Å². The van der Waals surface area contributed by atoms with Crippen molar-refractivity contribution < 1.29 is 43.0 Å². The normalized spacial score (nSPS) is 22.3. The third-order valence-electron chi connectivity index (χ3n) is 6.33. The van der Waals surface area contributed by atoms with E-state index in [0.29, 0.717) is 10.0 Å². The van der Waals surface area contributed by atoms with Crippen LogP contribution in [0.15, 0.2) is 60.7 Å². The van der Waals surface area contributed by atoms with E-state index in [9.17, 15) is 19.5 Å². The Morgan fingerprint density at radius 2 is 1.66 bits per heavy atom. The molecule has 2 aliphatic heterocycles. The van der Waals surface area contributed by atoms with E-state index in [1.165, 1.54) is 32.1 Å². The zero-order valence-electron chi connectivity index (χ0n) is 20.9. The third kappa shape index (κ3) is 4.70. The van der Waals surface area contributed by atoms with Crippen molar-refractivity contribution in [3.8, 4) is 16.3 Å². The average Bonchev–Trinajstić information content (AvgIpc) is 3.50. The fourth-order valence-electron chi connectivity index (χ4n) is 4.94. The Balaban J connectivity index is 1.64. The van der Waals surface area contributed by atoms with Crippen molar-refractivity contribution in [2.45, 2.75) is 51.4 Å². The summed E-state index contributed by atoms with van der Waals surface area (Å²) in [5.74, 6) is -2.04. The molecule has 11 heteroatoms. The van der Waals surface area contributed by atoms with Crippen LogP contribution in [0.25, 0.3) is 10.4 Å². The summed E-state index contributed by atoms with van der Waals surface area (Å²) in [6.45, 7) is 3.41. The van der Waals surface area contributed by atoms with Gasteiger partial charge >= 0.3 is 23.0 Å². The van der Waals surface area contributed by atoms with Crippen molar-refractivity contribution in [1.82, 2.24) is 0 Å². The summed E-state index contributed by atoms with van der Waals surface area (Å²) in [5.41, 5.74) is 1.53. The molecule has 198 valence electrons. The van der Waals surface area contributed by atoms with Gasteiger partial charge < -0.3 is 24.1 Å². The fraction of sp³-hybridized carbons (Fsp3) is 0.333. The van der Waals surface area contributed by atoms with Crippen LogP contribution in [0, 0.1) is 0 Å². The monoisotopic (exact) mass is 538 g/mol. The van der Waals surface area contributed by atoms with Crippen LogP contribution in [0.1, 0.15) is 26.8 Å². The summed E-state index contributed by atoms with van der Waals surface area (Å²) >= 11 is 1.32. The molecule has 0 saturated carbocycles. The summed E-state index contributed by atoms with van der Waals surface area (Å²) in [7, 11) is 0. The summed E-state index contributed by atoms with van der Waals surface area (Å²) in [6.07, 6.45) is -3.86. The molecule has 3 heterocycles. The first-order valence-corrected chi connectivity index (χ1v) is 12.9. The van der Waals surface area contributed by atoms with Crippen LogP contribution < -0.4 is 14.6 Å². The quantitative estimate of drug-likeness (QED) is 0.254. The van der Waals surface area contributed by atoms with Crippen molar-refractivity contribution in [2.75, 3.05) is 11.5 Å². The van der Waals surface area contributed by atoms with Crippen LogP contribution in [-0.2, 0) is 33.3 Å². The zero-order chi connectivity index (χ0) is 27.0. The predicted octanol–water partition coefficient (Wildman–Crippen LogP) is 2.62. The predicted molar refractivity (Wildman–Crippen MR) is 133 cm³/mol. The first kappa shape index (κ1) is 25.7. The van der Waals surface area contributed by atoms with E-state index >= 15 is 0 Å². The van der Waals surface area contributed by atoms with Gasteiger partial charge in [0.25, 0.3) is 0 Å². The number of rotatable bonds is 7. The molecule has 1 aromatic heterocycles. The topological polar surface area (TPSA) is 118 Å². The summed E-state index contributed by atoms with van der Waals surface area (Å²) < 4.78 is 24.4. The molecule has 1 fully saturated rings. The number of ether oxygens (including phenoxy) is 4. The molecular weight excluding hydrogens is 512 g/mol. The molecule has 2 aliphatic rings. The van der Waals surface area contributed by atoms with Gasteiger partial charge in [-0.3, -0.25) is 14.4 Å². The number of hydrogen-bond acceptors (Lipinski definition) is 10. The Labute approximate surface area is 222 Å². The van der Waals surface area contributed by atoms with Gasteiger partial charge in [-0.25, -0.2) is 4.57 Å². The Bertz CT molecular complexity index is 1350. The minimum absolute atomic E-state index is 0.255. The molecular formula is C27H26N2O8S. The van der Waals surface area contributed by atoms with Crippen molar-refractivity contribution >= 4 is 40.1 Å². The van der Waals surface area contributed by atoms with Crippen LogP contribution in [0.4, 0.5) is 10.8 Å².